The largest absolute Gasteiger partial charge is 2.00 e. The molecule has 0 aliphatic rings. The van der Waals surface area contributed by atoms with Gasteiger partial charge < -0.3 is 72.7 Å². The Kier molecular flexibility index (Phi) is 24.9. The van der Waals surface area contributed by atoms with Crippen molar-refractivity contribution in [2.75, 3.05) is 19.8 Å². The van der Waals surface area contributed by atoms with Gasteiger partial charge >= 0.3 is 33.0 Å². The van der Waals surface area contributed by atoms with Gasteiger partial charge in [0.25, 0.3) is 0 Å². The standard InChI is InChI=1S/2C6H12O7.C3H8N2.Pt/c2*7-1-2(8)3(9)4(10)5(11)6(12)13;1-3(5)2-4;/h2*2-5,7-11H,1H2,(H,12,13);3-5H,2H2,1H3;/q;;-2;+2. The van der Waals surface area contributed by atoms with Crippen LogP contribution < -0.4 is 0 Å². The molecule has 0 aliphatic heterocycles. The van der Waals surface area contributed by atoms with E-state index in [2.05, 4.69) is 0 Å². The fraction of sp³-hybridized carbons (Fsp3) is 0.867. The monoisotopic (exact) mass is 659 g/mol. The Bertz CT molecular complexity index is 451. The quantitative estimate of drug-likeness (QED) is 0.0985. The SMILES string of the molecule is CC([NH-])C[NH-].O=C(O)C(O)C(O)C(O)C(O)CO.O=C(O)C(O)C(O)C(O)C(O)CO.[Pt+2]. The van der Waals surface area contributed by atoms with Crippen LogP contribution in [-0.4, -0.2) is 148 Å². The molecule has 0 bridgehead atoms. The molecule has 32 heavy (non-hydrogen) atoms. The normalized spacial score (nSPS) is 18.9. The second kappa shape index (κ2) is 20.7. The van der Waals surface area contributed by atoms with Crippen LogP contribution in [0.3, 0.4) is 0 Å². The number of aliphatic hydroxyl groups excluding tert-OH is 10. The van der Waals surface area contributed by atoms with Crippen molar-refractivity contribution in [2.45, 2.75) is 61.8 Å². The summed E-state index contributed by atoms with van der Waals surface area (Å²) in [5, 5.41) is 104. The van der Waals surface area contributed by atoms with Crippen LogP contribution >= 0.6 is 0 Å². The first kappa shape index (κ1) is 38.4. The Balaban J connectivity index is -0.000000198. The van der Waals surface area contributed by atoms with Gasteiger partial charge in [-0.05, 0) is 0 Å². The molecule has 0 saturated carbocycles. The van der Waals surface area contributed by atoms with Crippen LogP contribution in [0.5, 0.6) is 0 Å². The number of rotatable bonds is 11. The third kappa shape index (κ3) is 16.7. The second-order valence-electron chi connectivity index (χ2n) is 6.13. The number of hydrogen-bond acceptors (Lipinski definition) is 12. The van der Waals surface area contributed by atoms with E-state index in [9.17, 15) is 9.59 Å². The number of carboxylic acid groups (broad SMARTS) is 2. The van der Waals surface area contributed by atoms with Crippen LogP contribution in [0.15, 0.2) is 0 Å². The van der Waals surface area contributed by atoms with Gasteiger partial charge in [0.2, 0.25) is 0 Å². The van der Waals surface area contributed by atoms with Crippen LogP contribution in [-0.2, 0) is 30.7 Å². The fourth-order valence-electron chi connectivity index (χ4n) is 1.34. The number of carboxylic acids is 2. The average Bonchev–Trinajstić information content (AvgIpc) is 2.75. The molecule has 14 N–H and O–H groups in total. The molecule has 0 amide bonds. The molecule has 0 spiro atoms. The topological polar surface area (TPSA) is 324 Å². The number of aliphatic carboxylic acids is 2. The molecule has 0 heterocycles. The maximum atomic E-state index is 10.1. The van der Waals surface area contributed by atoms with E-state index >= 15 is 0 Å². The Morgan fingerprint density at radius 2 is 0.906 bits per heavy atom. The first-order chi connectivity index (χ1) is 14.1. The van der Waals surface area contributed by atoms with Gasteiger partial charge in [-0.15, -0.1) is 0 Å². The Hall–Kier alpha value is -0.852. The van der Waals surface area contributed by atoms with E-state index in [0.717, 1.165) is 0 Å². The van der Waals surface area contributed by atoms with Gasteiger partial charge in [0.1, 0.15) is 36.6 Å². The third-order valence-electron chi connectivity index (χ3n) is 3.32. The number of hydrogen-bond donors (Lipinski definition) is 12. The molecule has 16 nitrogen and oxygen atoms in total. The second-order valence-corrected chi connectivity index (χ2v) is 6.13. The van der Waals surface area contributed by atoms with E-state index in [-0.39, 0.29) is 33.7 Å². The van der Waals surface area contributed by atoms with Gasteiger partial charge in [0.15, 0.2) is 12.2 Å². The summed E-state index contributed by atoms with van der Waals surface area (Å²) in [6.07, 6.45) is -15.7. The van der Waals surface area contributed by atoms with Crippen LogP contribution in [0.4, 0.5) is 0 Å². The van der Waals surface area contributed by atoms with Gasteiger partial charge in [0.05, 0.1) is 13.2 Å². The van der Waals surface area contributed by atoms with Gasteiger partial charge in [-0.1, -0.05) is 6.92 Å². The minimum absolute atomic E-state index is 0. The van der Waals surface area contributed by atoms with E-state index in [0.29, 0.717) is 0 Å². The summed E-state index contributed by atoms with van der Waals surface area (Å²) in [6, 6.07) is -0.199. The van der Waals surface area contributed by atoms with E-state index in [4.69, 9.17) is 72.7 Å². The smallest absolute Gasteiger partial charge is 0.679 e. The molecule has 0 aromatic heterocycles. The summed E-state index contributed by atoms with van der Waals surface area (Å²) in [5.74, 6) is -3.45. The molecule has 9 unspecified atom stereocenters. The Morgan fingerprint density at radius 1 is 0.688 bits per heavy atom. The van der Waals surface area contributed by atoms with Crippen molar-refractivity contribution in [3.8, 4) is 0 Å². The summed E-state index contributed by atoms with van der Waals surface area (Å²) < 4.78 is 0. The summed E-state index contributed by atoms with van der Waals surface area (Å²) in [5.41, 5.74) is 13.1. The third-order valence-corrected chi connectivity index (χ3v) is 3.32. The van der Waals surface area contributed by atoms with Crippen molar-refractivity contribution >= 4 is 11.9 Å². The summed E-state index contributed by atoms with van der Waals surface area (Å²) in [4.78, 5) is 20.2. The average molecular weight is 659 g/mol. The molecule has 0 aromatic carbocycles. The van der Waals surface area contributed by atoms with Crippen LogP contribution in [0, 0.1) is 0 Å². The maximum absolute atomic E-state index is 10.1. The zero-order valence-electron chi connectivity index (χ0n) is 16.8. The molecule has 0 radical (unpaired) electrons. The Labute approximate surface area is 197 Å². The predicted molar refractivity (Wildman–Crippen MR) is 100 cm³/mol. The van der Waals surface area contributed by atoms with Crippen molar-refractivity contribution in [2.24, 2.45) is 0 Å². The van der Waals surface area contributed by atoms with E-state index in [1.165, 1.54) is 0 Å². The summed E-state index contributed by atoms with van der Waals surface area (Å²) in [6.45, 7) is 0.238. The minimum Gasteiger partial charge on any atom is -0.679 e. The van der Waals surface area contributed by atoms with Gasteiger partial charge in [-0.25, -0.2) is 9.59 Å². The van der Waals surface area contributed by atoms with Crippen molar-refractivity contribution in [3.05, 3.63) is 11.5 Å². The predicted octanol–water partition coefficient (Wildman–Crippen LogP) is -5.51. The fourth-order valence-corrected chi connectivity index (χ4v) is 1.34. The Morgan fingerprint density at radius 3 is 1.03 bits per heavy atom. The van der Waals surface area contributed by atoms with E-state index in [1.807, 2.05) is 0 Å². The molecule has 17 heteroatoms. The van der Waals surface area contributed by atoms with Crippen LogP contribution in [0.1, 0.15) is 6.92 Å². The summed E-state index contributed by atoms with van der Waals surface area (Å²) >= 11 is 0. The number of carbonyl (C=O) groups is 2. The maximum Gasteiger partial charge on any atom is 2.00 e. The van der Waals surface area contributed by atoms with E-state index < -0.39 is 74.0 Å². The molecular weight excluding hydrogens is 627 g/mol. The first-order valence-corrected chi connectivity index (χ1v) is 8.58. The van der Waals surface area contributed by atoms with Gasteiger partial charge in [-0.2, -0.15) is 12.6 Å². The molecule has 0 aromatic rings. The number of nitrogens with one attached hydrogen (secondary N) is 2. The van der Waals surface area contributed by atoms with Crippen molar-refractivity contribution in [1.29, 1.82) is 0 Å². The molecule has 9 atom stereocenters. The van der Waals surface area contributed by atoms with Gasteiger partial charge in [-0.3, -0.25) is 0 Å². The van der Waals surface area contributed by atoms with Crippen molar-refractivity contribution < 1.29 is 91.9 Å². The molecule has 0 aliphatic carbocycles. The first-order valence-electron chi connectivity index (χ1n) is 8.58. The van der Waals surface area contributed by atoms with Crippen LogP contribution in [0.25, 0.3) is 11.5 Å². The molecule has 196 valence electrons. The summed E-state index contributed by atoms with van der Waals surface area (Å²) in [7, 11) is 0. The van der Waals surface area contributed by atoms with Crippen molar-refractivity contribution in [3.63, 3.8) is 0 Å². The van der Waals surface area contributed by atoms with E-state index in [1.54, 1.807) is 6.92 Å². The van der Waals surface area contributed by atoms with Gasteiger partial charge in [0, 0.05) is 0 Å². The zero-order chi connectivity index (χ0) is 25.5. The molecule has 0 rings (SSSR count). The van der Waals surface area contributed by atoms with Crippen molar-refractivity contribution in [1.82, 2.24) is 0 Å². The molecule has 0 saturated heterocycles. The van der Waals surface area contributed by atoms with Crippen LogP contribution in [0.2, 0.25) is 0 Å². The number of aliphatic hydroxyl groups is 10. The minimum atomic E-state index is -2.20. The molecule has 0 fully saturated rings. The molecular formula is C15H32N2O14Pt. The zero-order valence-corrected chi connectivity index (χ0v) is 19.1.